The molecule has 1 heterocycles. The van der Waals surface area contributed by atoms with Crippen LogP contribution in [0, 0.1) is 5.92 Å². The standard InChI is InChI=1S/C14H23ClN4O3S2/c1-8(2)5-10(16)12(20)18-24(22,11-6-9(15)7-23-11)19-13(21)14(3,4)17/h6-8,10H,5,16-17H2,1-4H3,(H,18,19,20,21,22)/t10-,24?/m0/s1. The van der Waals surface area contributed by atoms with Gasteiger partial charge in [-0.3, -0.25) is 14.3 Å². The number of nitrogens with zero attached hydrogens (tertiary/aromatic N) is 1. The largest absolute Gasteiger partial charge is 0.320 e. The number of hydrogen-bond acceptors (Lipinski definition) is 6. The monoisotopic (exact) mass is 394 g/mol. The van der Waals surface area contributed by atoms with E-state index in [4.69, 9.17) is 23.1 Å². The van der Waals surface area contributed by atoms with Crippen LogP contribution in [-0.2, 0) is 19.5 Å². The third-order valence-electron chi connectivity index (χ3n) is 2.89. The molecule has 1 unspecified atom stereocenters. The zero-order chi connectivity index (χ0) is 18.7. The van der Waals surface area contributed by atoms with Gasteiger partial charge in [-0.15, -0.1) is 15.7 Å². The van der Waals surface area contributed by atoms with E-state index in [1.54, 1.807) is 0 Å². The maximum atomic E-state index is 13.2. The maximum absolute atomic E-state index is 13.2. The lowest BCUT2D eigenvalue weighted by Gasteiger charge is -2.19. The fourth-order valence-electron chi connectivity index (χ4n) is 1.62. The Hall–Kier alpha value is -1.000. The average molecular weight is 395 g/mol. The molecule has 2 atom stereocenters. The molecule has 0 spiro atoms. The van der Waals surface area contributed by atoms with Gasteiger partial charge in [0.1, 0.15) is 4.21 Å². The summed E-state index contributed by atoms with van der Waals surface area (Å²) in [7, 11) is -3.56. The summed E-state index contributed by atoms with van der Waals surface area (Å²) in [4.78, 5) is 24.4. The molecule has 0 bridgehead atoms. The van der Waals surface area contributed by atoms with Crippen LogP contribution in [0.2, 0.25) is 5.02 Å². The third-order valence-corrected chi connectivity index (χ3v) is 6.49. The molecule has 0 aliphatic heterocycles. The van der Waals surface area contributed by atoms with E-state index in [9.17, 15) is 13.8 Å². The lowest BCUT2D eigenvalue weighted by Crippen LogP contribution is -2.50. The Kier molecular flexibility index (Phi) is 6.94. The number of carbonyl (C=O) groups excluding carboxylic acids is 2. The molecular weight excluding hydrogens is 372 g/mol. The second kappa shape index (κ2) is 7.92. The van der Waals surface area contributed by atoms with Crippen molar-refractivity contribution in [2.24, 2.45) is 21.7 Å². The Bertz CT molecular complexity index is 731. The number of rotatable bonds is 6. The summed E-state index contributed by atoms with van der Waals surface area (Å²) in [5, 5.41) is 1.86. The van der Waals surface area contributed by atoms with Crippen LogP contribution in [-0.4, -0.2) is 27.6 Å². The van der Waals surface area contributed by atoms with Crippen LogP contribution >= 0.6 is 22.9 Å². The molecule has 24 heavy (non-hydrogen) atoms. The summed E-state index contributed by atoms with van der Waals surface area (Å²) >= 11 is 6.88. The third kappa shape index (κ3) is 5.82. The predicted molar refractivity (Wildman–Crippen MR) is 97.0 cm³/mol. The van der Waals surface area contributed by atoms with E-state index < -0.39 is 33.3 Å². The molecule has 0 aliphatic carbocycles. The van der Waals surface area contributed by atoms with Crippen molar-refractivity contribution in [2.75, 3.05) is 0 Å². The second-order valence-electron chi connectivity index (χ2n) is 6.43. The Morgan fingerprint density at radius 3 is 2.46 bits per heavy atom. The van der Waals surface area contributed by atoms with Gasteiger partial charge >= 0.3 is 0 Å². The van der Waals surface area contributed by atoms with Crippen molar-refractivity contribution >= 4 is 44.7 Å². The molecule has 1 rings (SSSR count). The summed E-state index contributed by atoms with van der Waals surface area (Å²) in [6.07, 6.45) is 0.388. The van der Waals surface area contributed by atoms with Crippen molar-refractivity contribution in [3.8, 4) is 0 Å². The molecule has 0 radical (unpaired) electrons. The highest BCUT2D eigenvalue weighted by Crippen LogP contribution is 2.25. The number of thiophene rings is 1. The van der Waals surface area contributed by atoms with Gasteiger partial charge in [0.05, 0.1) is 16.6 Å². The highest BCUT2D eigenvalue weighted by atomic mass is 35.5. The highest BCUT2D eigenvalue weighted by Gasteiger charge is 2.29. The van der Waals surface area contributed by atoms with E-state index in [1.807, 2.05) is 13.8 Å². The SMILES string of the molecule is CC(C)C[C@H](N)C(=O)N=S(=O)(NC(=O)C(C)(C)N)c1cc(Cl)cs1. The van der Waals surface area contributed by atoms with E-state index in [1.165, 1.54) is 25.3 Å². The minimum atomic E-state index is -3.56. The van der Waals surface area contributed by atoms with Crippen LogP contribution in [0.3, 0.4) is 0 Å². The van der Waals surface area contributed by atoms with Gasteiger partial charge in [-0.2, -0.15) is 0 Å². The summed E-state index contributed by atoms with van der Waals surface area (Å²) in [6.45, 7) is 6.72. The molecule has 5 N–H and O–H groups in total. The first-order valence-electron chi connectivity index (χ1n) is 7.27. The number of amides is 2. The molecule has 0 saturated carbocycles. The van der Waals surface area contributed by atoms with Gasteiger partial charge in [-0.25, -0.2) is 4.21 Å². The Morgan fingerprint density at radius 1 is 1.46 bits per heavy atom. The second-order valence-corrected chi connectivity index (χ2v) is 9.91. The number of hydrogen-bond donors (Lipinski definition) is 3. The van der Waals surface area contributed by atoms with Crippen molar-refractivity contribution in [3.63, 3.8) is 0 Å². The van der Waals surface area contributed by atoms with Crippen LogP contribution in [0.25, 0.3) is 0 Å². The lowest BCUT2D eigenvalue weighted by atomic mass is 10.0. The zero-order valence-electron chi connectivity index (χ0n) is 14.0. The first-order chi connectivity index (χ1) is 10.8. The summed E-state index contributed by atoms with van der Waals surface area (Å²) in [5.74, 6) is -1.27. The Morgan fingerprint density at radius 2 is 2.04 bits per heavy atom. The first-order valence-corrected chi connectivity index (χ1v) is 10.0. The molecule has 2 amide bonds. The van der Waals surface area contributed by atoms with E-state index in [2.05, 4.69) is 9.08 Å². The normalized spacial score (nSPS) is 15.7. The quantitative estimate of drug-likeness (QED) is 0.678. The van der Waals surface area contributed by atoms with E-state index in [-0.39, 0.29) is 10.1 Å². The number of halogens is 1. The topological polar surface area (TPSA) is 128 Å². The van der Waals surface area contributed by atoms with Crippen LogP contribution < -0.4 is 16.2 Å². The zero-order valence-corrected chi connectivity index (χ0v) is 16.4. The average Bonchev–Trinajstić information content (AvgIpc) is 2.84. The predicted octanol–water partition coefficient (Wildman–Crippen LogP) is 1.90. The minimum Gasteiger partial charge on any atom is -0.320 e. The van der Waals surface area contributed by atoms with Crippen LogP contribution in [0.1, 0.15) is 34.1 Å². The van der Waals surface area contributed by atoms with Gasteiger partial charge in [-0.1, -0.05) is 25.4 Å². The molecule has 0 saturated heterocycles. The molecule has 1 aromatic heterocycles. The van der Waals surface area contributed by atoms with Gasteiger partial charge in [-0.05, 0) is 32.3 Å². The molecule has 0 aliphatic rings. The van der Waals surface area contributed by atoms with Gasteiger partial charge in [0.25, 0.3) is 11.8 Å². The van der Waals surface area contributed by atoms with Crippen LogP contribution in [0.5, 0.6) is 0 Å². The summed E-state index contributed by atoms with van der Waals surface area (Å²) in [5.41, 5.74) is 10.2. The fourth-order valence-corrected chi connectivity index (χ4v) is 4.81. The molecular formula is C14H23ClN4O3S2. The molecule has 7 nitrogen and oxygen atoms in total. The minimum absolute atomic E-state index is 0.162. The summed E-state index contributed by atoms with van der Waals surface area (Å²) < 4.78 is 19.3. The van der Waals surface area contributed by atoms with E-state index in [0.717, 1.165) is 11.3 Å². The van der Waals surface area contributed by atoms with Crippen molar-refractivity contribution in [1.82, 2.24) is 4.72 Å². The van der Waals surface area contributed by atoms with Crippen molar-refractivity contribution in [3.05, 3.63) is 16.5 Å². The molecule has 0 aromatic carbocycles. The van der Waals surface area contributed by atoms with Crippen molar-refractivity contribution in [2.45, 2.75) is 49.9 Å². The van der Waals surface area contributed by atoms with Gasteiger partial charge in [0.15, 0.2) is 9.92 Å². The maximum Gasteiger partial charge on any atom is 0.272 e. The van der Waals surface area contributed by atoms with Crippen molar-refractivity contribution < 1.29 is 13.8 Å². The first kappa shape index (κ1) is 21.0. The summed E-state index contributed by atoms with van der Waals surface area (Å²) in [6, 6.07) is 0.493. The molecule has 1 aromatic rings. The van der Waals surface area contributed by atoms with Crippen molar-refractivity contribution in [1.29, 1.82) is 0 Å². The molecule has 136 valence electrons. The van der Waals surface area contributed by atoms with Gasteiger partial charge < -0.3 is 11.5 Å². The molecule has 10 heteroatoms. The molecule has 0 fully saturated rings. The smallest absolute Gasteiger partial charge is 0.272 e. The number of nitrogens with two attached hydrogens (primary N) is 2. The number of nitrogens with one attached hydrogen (secondary N) is 1. The van der Waals surface area contributed by atoms with Gasteiger partial charge in [0.2, 0.25) is 0 Å². The van der Waals surface area contributed by atoms with E-state index >= 15 is 0 Å². The van der Waals surface area contributed by atoms with Crippen LogP contribution in [0.15, 0.2) is 20.0 Å². The van der Waals surface area contributed by atoms with Crippen LogP contribution in [0.4, 0.5) is 0 Å². The lowest BCUT2D eigenvalue weighted by molar-refractivity contribution is -0.123. The van der Waals surface area contributed by atoms with E-state index in [0.29, 0.717) is 11.4 Å². The Balaban J connectivity index is 3.29. The highest BCUT2D eigenvalue weighted by molar-refractivity contribution is 7.94. The number of carbonyl (C=O) groups is 2. The fraction of sp³-hybridized carbons (Fsp3) is 0.571. The Labute approximate surface area is 151 Å². The van der Waals surface area contributed by atoms with Gasteiger partial charge in [0, 0.05) is 5.38 Å².